The molecule has 3 aromatic rings. The Morgan fingerprint density at radius 3 is 2.53 bits per heavy atom. The second-order valence-electron chi connectivity index (χ2n) is 10.5. The highest BCUT2D eigenvalue weighted by molar-refractivity contribution is 8.00. The number of benzene rings is 1. The van der Waals surface area contributed by atoms with E-state index < -0.39 is 0 Å². The maximum Gasteiger partial charge on any atom is 0.240 e. The van der Waals surface area contributed by atoms with Gasteiger partial charge in [-0.3, -0.25) is 14.5 Å². The van der Waals surface area contributed by atoms with Gasteiger partial charge in [0.1, 0.15) is 12.4 Å². The van der Waals surface area contributed by atoms with E-state index in [-0.39, 0.29) is 34.8 Å². The van der Waals surface area contributed by atoms with Crippen LogP contribution in [0.1, 0.15) is 48.4 Å². The fraction of sp³-hybridized carbons (Fsp3) is 0.444. The van der Waals surface area contributed by atoms with Crippen molar-refractivity contribution in [3.8, 4) is 5.69 Å². The molecule has 1 aliphatic heterocycles. The Morgan fingerprint density at radius 2 is 1.92 bits per heavy atom. The number of likely N-dealkylation sites (N-methyl/N-ethyl adjacent to an activating group) is 1. The van der Waals surface area contributed by atoms with Gasteiger partial charge in [0, 0.05) is 24.1 Å². The molecule has 1 N–H and O–H groups in total. The van der Waals surface area contributed by atoms with Crippen molar-refractivity contribution in [3.05, 3.63) is 63.5 Å². The van der Waals surface area contributed by atoms with Gasteiger partial charge in [0.15, 0.2) is 0 Å². The van der Waals surface area contributed by atoms with Crippen LogP contribution in [-0.4, -0.2) is 66.0 Å². The highest BCUT2D eigenvalue weighted by Gasteiger charge is 2.40. The highest BCUT2D eigenvalue weighted by Crippen LogP contribution is 2.48. The second-order valence-corrected chi connectivity index (χ2v) is 12.3. The second kappa shape index (κ2) is 10.8. The molecule has 2 amide bonds. The summed E-state index contributed by atoms with van der Waals surface area (Å²) in [4.78, 5) is 30.2. The topological polar surface area (TPSA) is 70.5 Å². The quantitative estimate of drug-likeness (QED) is 0.496. The lowest BCUT2D eigenvalue weighted by atomic mass is 9.87. The van der Waals surface area contributed by atoms with Crippen LogP contribution in [0.2, 0.25) is 0 Å². The summed E-state index contributed by atoms with van der Waals surface area (Å²) in [6, 6.07) is 10.2. The number of nitrogens with one attached hydrogen (secondary N) is 1. The molecule has 2 aromatic heterocycles. The zero-order valence-electron chi connectivity index (χ0n) is 21.9. The van der Waals surface area contributed by atoms with Crippen molar-refractivity contribution in [1.82, 2.24) is 20.0 Å². The first-order valence-electron chi connectivity index (χ1n) is 12.1. The number of carbonyl (C=O) groups excluding carboxylic acids is 2. The van der Waals surface area contributed by atoms with Crippen molar-refractivity contribution in [2.24, 2.45) is 0 Å². The molecule has 0 spiro atoms. The summed E-state index contributed by atoms with van der Waals surface area (Å²) in [6.07, 6.45) is 0. The Morgan fingerprint density at radius 1 is 1.19 bits per heavy atom. The lowest BCUT2D eigenvalue weighted by molar-refractivity contribution is -0.122. The van der Waals surface area contributed by atoms with E-state index in [0.29, 0.717) is 12.4 Å². The molecule has 1 atom stereocenters. The van der Waals surface area contributed by atoms with E-state index in [2.05, 4.69) is 42.9 Å². The molecule has 36 heavy (non-hydrogen) atoms. The van der Waals surface area contributed by atoms with Gasteiger partial charge < -0.3 is 10.2 Å². The Kier molecular flexibility index (Phi) is 7.92. The number of thiophene rings is 1. The van der Waals surface area contributed by atoms with E-state index in [9.17, 15) is 9.59 Å². The molecule has 0 saturated carbocycles. The number of nitrogens with zero attached hydrogens (tertiary/aromatic N) is 4. The van der Waals surface area contributed by atoms with Gasteiger partial charge in [0.25, 0.3) is 0 Å². The number of thioether (sulfide) groups is 1. The van der Waals surface area contributed by atoms with Crippen LogP contribution < -0.4 is 10.2 Å². The maximum atomic E-state index is 13.6. The van der Waals surface area contributed by atoms with Crippen molar-refractivity contribution in [3.63, 3.8) is 0 Å². The molecule has 9 heteroatoms. The van der Waals surface area contributed by atoms with Crippen LogP contribution >= 0.6 is 23.1 Å². The van der Waals surface area contributed by atoms with Crippen molar-refractivity contribution >= 4 is 40.7 Å². The summed E-state index contributed by atoms with van der Waals surface area (Å²) in [5.41, 5.74) is 4.86. The number of fused-ring (bicyclic) bond motifs is 1. The van der Waals surface area contributed by atoms with Crippen LogP contribution in [0.3, 0.4) is 0 Å². The van der Waals surface area contributed by atoms with Crippen molar-refractivity contribution < 1.29 is 9.59 Å². The Bertz CT molecular complexity index is 1210. The first-order valence-corrected chi connectivity index (χ1v) is 14.1. The molecule has 1 aromatic carbocycles. The van der Waals surface area contributed by atoms with Crippen molar-refractivity contribution in [2.75, 3.05) is 44.4 Å². The third kappa shape index (κ3) is 5.68. The van der Waals surface area contributed by atoms with E-state index in [0.717, 1.165) is 34.6 Å². The van der Waals surface area contributed by atoms with E-state index in [1.54, 1.807) is 28.0 Å². The van der Waals surface area contributed by atoms with E-state index in [4.69, 9.17) is 5.10 Å². The fourth-order valence-electron chi connectivity index (χ4n) is 4.24. The minimum Gasteiger partial charge on any atom is -0.353 e. The van der Waals surface area contributed by atoms with Crippen LogP contribution in [-0.2, 0) is 15.0 Å². The zero-order valence-corrected chi connectivity index (χ0v) is 23.5. The average Bonchev–Trinajstić information content (AvgIpc) is 3.44. The normalized spacial score (nSPS) is 16.2. The number of amides is 2. The van der Waals surface area contributed by atoms with Crippen LogP contribution in [0.5, 0.6) is 0 Å². The number of rotatable bonds is 7. The van der Waals surface area contributed by atoms with Gasteiger partial charge in [-0.2, -0.15) is 16.4 Å². The molecule has 192 valence electrons. The first kappa shape index (κ1) is 26.4. The molecule has 4 rings (SSSR count). The molecule has 7 nitrogen and oxygen atoms in total. The lowest BCUT2D eigenvalue weighted by Gasteiger charge is -2.24. The SMILES string of the molecule is Cc1ccc(-n2nc(C(C)(C)C)c3c2N(CC(=O)NCCN(C)C)C(=O)CSC3c2ccsc2)cc1. The largest absolute Gasteiger partial charge is 0.353 e. The molecule has 0 aliphatic carbocycles. The van der Waals surface area contributed by atoms with E-state index in [1.165, 1.54) is 0 Å². The van der Waals surface area contributed by atoms with Gasteiger partial charge in [-0.25, -0.2) is 4.68 Å². The van der Waals surface area contributed by atoms with Gasteiger partial charge in [0.05, 0.1) is 22.4 Å². The van der Waals surface area contributed by atoms with Crippen LogP contribution in [0.4, 0.5) is 5.82 Å². The third-order valence-corrected chi connectivity index (χ3v) is 8.06. The van der Waals surface area contributed by atoms with Gasteiger partial charge in [-0.1, -0.05) is 38.5 Å². The summed E-state index contributed by atoms with van der Waals surface area (Å²) in [7, 11) is 3.93. The smallest absolute Gasteiger partial charge is 0.240 e. The Balaban J connectivity index is 1.88. The molecule has 0 bridgehead atoms. The first-order chi connectivity index (χ1) is 17.1. The summed E-state index contributed by atoms with van der Waals surface area (Å²) in [6.45, 7) is 9.71. The van der Waals surface area contributed by atoms with Crippen LogP contribution in [0, 0.1) is 6.92 Å². The lowest BCUT2D eigenvalue weighted by Crippen LogP contribution is -2.43. The predicted molar refractivity (Wildman–Crippen MR) is 150 cm³/mol. The van der Waals surface area contributed by atoms with Gasteiger partial charge in [0.2, 0.25) is 11.8 Å². The summed E-state index contributed by atoms with van der Waals surface area (Å²) in [5, 5.41) is 12.2. The van der Waals surface area contributed by atoms with Crippen molar-refractivity contribution in [2.45, 2.75) is 38.4 Å². The molecule has 0 radical (unpaired) electrons. The summed E-state index contributed by atoms with van der Waals surface area (Å²) >= 11 is 3.26. The molecule has 3 heterocycles. The zero-order chi connectivity index (χ0) is 26.0. The molecule has 0 saturated heterocycles. The van der Waals surface area contributed by atoms with Crippen LogP contribution in [0.15, 0.2) is 41.1 Å². The fourth-order valence-corrected chi connectivity index (χ4v) is 6.20. The number of carbonyl (C=O) groups is 2. The van der Waals surface area contributed by atoms with Gasteiger partial charge in [-0.05, 0) is 55.5 Å². The minimum absolute atomic E-state index is 0.0443. The molecular weight excluding hydrogens is 490 g/mol. The maximum absolute atomic E-state index is 13.6. The third-order valence-electron chi connectivity index (χ3n) is 6.11. The molecular formula is C27H35N5O2S2. The van der Waals surface area contributed by atoms with Crippen molar-refractivity contribution in [1.29, 1.82) is 0 Å². The Labute approximate surface area is 221 Å². The molecule has 1 aliphatic rings. The number of aromatic nitrogens is 2. The van der Waals surface area contributed by atoms with E-state index in [1.807, 2.05) is 54.9 Å². The molecule has 1 unspecified atom stereocenters. The standard InChI is InChI=1S/C27H35N5O2S2/c1-18-7-9-20(10-8-18)32-26-23(25(29-32)27(2,3)4)24(19-11-14-35-16-19)36-17-22(34)31(26)15-21(33)28-12-13-30(5)6/h7-11,14,16,24H,12-13,15,17H2,1-6H3,(H,28,33). The number of aryl methyl sites for hydroxylation is 1. The number of hydrogen-bond donors (Lipinski definition) is 1. The van der Waals surface area contributed by atoms with Gasteiger partial charge in [-0.15, -0.1) is 11.8 Å². The molecule has 0 fully saturated rings. The highest BCUT2D eigenvalue weighted by atomic mass is 32.2. The average molecular weight is 526 g/mol. The predicted octanol–water partition coefficient (Wildman–Crippen LogP) is 4.39. The van der Waals surface area contributed by atoms with E-state index >= 15 is 0 Å². The Hall–Kier alpha value is -2.62. The number of hydrogen-bond acceptors (Lipinski definition) is 6. The number of anilines is 1. The van der Waals surface area contributed by atoms with Gasteiger partial charge >= 0.3 is 0 Å². The minimum atomic E-state index is -0.262. The summed E-state index contributed by atoms with van der Waals surface area (Å²) in [5.74, 6) is 0.717. The summed E-state index contributed by atoms with van der Waals surface area (Å²) < 4.78 is 1.87. The monoisotopic (exact) mass is 525 g/mol. The van der Waals surface area contributed by atoms with Crippen LogP contribution in [0.25, 0.3) is 5.69 Å².